The average Bonchev–Trinajstić information content (AvgIpc) is 2.71. The van der Waals surface area contributed by atoms with Crippen molar-refractivity contribution in [3.63, 3.8) is 0 Å². The van der Waals surface area contributed by atoms with Gasteiger partial charge < -0.3 is 15.4 Å². The number of hydrogen-bond donors (Lipinski definition) is 2. The van der Waals surface area contributed by atoms with Crippen LogP contribution in [-0.4, -0.2) is 18.4 Å². The fourth-order valence-electron chi connectivity index (χ4n) is 2.59. The molecule has 3 aromatic carbocycles. The Labute approximate surface area is 188 Å². The Morgan fingerprint density at radius 2 is 1.50 bits per heavy atom. The smallest absolute Gasteiger partial charge is 0.262 e. The summed E-state index contributed by atoms with van der Waals surface area (Å²) in [6, 6.07) is 16.4. The van der Waals surface area contributed by atoms with E-state index in [2.05, 4.69) is 10.6 Å². The SMILES string of the molecule is Cc1cc(Cl)ccc1NC(=O)COc1ccc(C(=O)Nc2cc(Cl)ccc2Cl)cc1. The zero-order valence-electron chi connectivity index (χ0n) is 15.8. The van der Waals surface area contributed by atoms with Gasteiger partial charge in [-0.2, -0.15) is 0 Å². The van der Waals surface area contributed by atoms with Gasteiger partial charge in [-0.1, -0.05) is 34.8 Å². The van der Waals surface area contributed by atoms with Crippen LogP contribution in [0.5, 0.6) is 5.75 Å². The number of nitrogens with one attached hydrogen (secondary N) is 2. The van der Waals surface area contributed by atoms with Crippen LogP contribution >= 0.6 is 34.8 Å². The normalized spacial score (nSPS) is 10.4. The van der Waals surface area contributed by atoms with Gasteiger partial charge in [0.15, 0.2) is 6.61 Å². The van der Waals surface area contributed by atoms with Crippen LogP contribution in [0.3, 0.4) is 0 Å². The van der Waals surface area contributed by atoms with E-state index in [0.29, 0.717) is 37.8 Å². The molecule has 0 aliphatic heterocycles. The lowest BCUT2D eigenvalue weighted by Gasteiger charge is -2.11. The molecule has 0 heterocycles. The van der Waals surface area contributed by atoms with E-state index in [0.717, 1.165) is 5.56 Å². The summed E-state index contributed by atoms with van der Waals surface area (Å²) in [5, 5.41) is 6.92. The molecule has 0 atom stereocenters. The van der Waals surface area contributed by atoms with Crippen LogP contribution in [0.25, 0.3) is 0 Å². The van der Waals surface area contributed by atoms with Crippen molar-refractivity contribution in [1.82, 2.24) is 0 Å². The molecule has 0 unspecified atom stereocenters. The second-order valence-corrected chi connectivity index (χ2v) is 7.68. The van der Waals surface area contributed by atoms with E-state index in [-0.39, 0.29) is 18.4 Å². The number of aryl methyl sites for hydroxylation is 1. The first-order valence-electron chi connectivity index (χ1n) is 8.87. The molecule has 0 aliphatic carbocycles. The van der Waals surface area contributed by atoms with Gasteiger partial charge >= 0.3 is 0 Å². The van der Waals surface area contributed by atoms with Gasteiger partial charge in [-0.3, -0.25) is 9.59 Å². The maximum atomic E-state index is 12.4. The Hall–Kier alpha value is -2.73. The number of benzene rings is 3. The van der Waals surface area contributed by atoms with Crippen LogP contribution in [-0.2, 0) is 4.79 Å². The molecule has 30 heavy (non-hydrogen) atoms. The first kappa shape index (κ1) is 22.0. The van der Waals surface area contributed by atoms with Gasteiger partial charge in [0.25, 0.3) is 11.8 Å². The van der Waals surface area contributed by atoms with Gasteiger partial charge in [0.05, 0.1) is 10.7 Å². The van der Waals surface area contributed by atoms with Gasteiger partial charge in [-0.25, -0.2) is 0 Å². The van der Waals surface area contributed by atoms with Crippen molar-refractivity contribution < 1.29 is 14.3 Å². The van der Waals surface area contributed by atoms with E-state index in [9.17, 15) is 9.59 Å². The monoisotopic (exact) mass is 462 g/mol. The highest BCUT2D eigenvalue weighted by Gasteiger charge is 2.10. The maximum Gasteiger partial charge on any atom is 0.262 e. The summed E-state index contributed by atoms with van der Waals surface area (Å²) in [6.07, 6.45) is 0. The third kappa shape index (κ3) is 5.89. The van der Waals surface area contributed by atoms with Crippen LogP contribution < -0.4 is 15.4 Å². The number of anilines is 2. The van der Waals surface area contributed by atoms with Gasteiger partial charge in [-0.05, 0) is 73.2 Å². The highest BCUT2D eigenvalue weighted by Crippen LogP contribution is 2.26. The van der Waals surface area contributed by atoms with Gasteiger partial charge in [-0.15, -0.1) is 0 Å². The number of carbonyl (C=O) groups excluding carboxylic acids is 2. The quantitative estimate of drug-likeness (QED) is 0.456. The summed E-state index contributed by atoms with van der Waals surface area (Å²) in [4.78, 5) is 24.5. The number of halogens is 3. The molecule has 8 heteroatoms. The molecule has 0 bridgehead atoms. The van der Waals surface area contributed by atoms with Crippen LogP contribution in [0, 0.1) is 6.92 Å². The van der Waals surface area contributed by atoms with Crippen molar-refractivity contribution in [2.45, 2.75) is 6.92 Å². The second-order valence-electron chi connectivity index (χ2n) is 6.40. The maximum absolute atomic E-state index is 12.4. The predicted octanol–water partition coefficient (Wildman–Crippen LogP) is 6.23. The Morgan fingerprint density at radius 3 is 2.20 bits per heavy atom. The Bertz CT molecular complexity index is 1090. The summed E-state index contributed by atoms with van der Waals surface area (Å²) in [5.74, 6) is -0.199. The van der Waals surface area contributed by atoms with Crippen molar-refractivity contribution in [1.29, 1.82) is 0 Å². The minimum Gasteiger partial charge on any atom is -0.484 e. The second kappa shape index (κ2) is 9.85. The Morgan fingerprint density at radius 1 is 0.833 bits per heavy atom. The van der Waals surface area contributed by atoms with Gasteiger partial charge in [0.1, 0.15) is 5.75 Å². The fraction of sp³-hybridized carbons (Fsp3) is 0.0909. The molecule has 3 rings (SSSR count). The molecule has 5 nitrogen and oxygen atoms in total. The zero-order valence-corrected chi connectivity index (χ0v) is 18.1. The van der Waals surface area contributed by atoms with Crippen LogP contribution in [0.1, 0.15) is 15.9 Å². The molecule has 0 saturated carbocycles. The van der Waals surface area contributed by atoms with Crippen LogP contribution in [0.2, 0.25) is 15.1 Å². The molecule has 0 spiro atoms. The zero-order chi connectivity index (χ0) is 21.7. The van der Waals surface area contributed by atoms with Crippen molar-refractivity contribution in [2.24, 2.45) is 0 Å². The summed E-state index contributed by atoms with van der Waals surface area (Å²) in [6.45, 7) is 1.68. The Kier molecular flexibility index (Phi) is 7.21. The molecule has 154 valence electrons. The molecule has 0 saturated heterocycles. The van der Waals surface area contributed by atoms with Crippen molar-refractivity contribution >= 4 is 58.0 Å². The van der Waals surface area contributed by atoms with Gasteiger partial charge in [0.2, 0.25) is 0 Å². The highest BCUT2D eigenvalue weighted by molar-refractivity contribution is 6.36. The summed E-state index contributed by atoms with van der Waals surface area (Å²) in [5.41, 5.74) is 2.34. The van der Waals surface area contributed by atoms with Crippen molar-refractivity contribution in [2.75, 3.05) is 17.2 Å². The number of hydrogen-bond acceptors (Lipinski definition) is 3. The standard InChI is InChI=1S/C22H17Cl3N2O3/c1-13-10-15(23)5-9-19(13)26-21(28)12-30-17-6-2-14(3-7-17)22(29)27-20-11-16(24)4-8-18(20)25/h2-11H,12H2,1H3,(H,26,28)(H,27,29). The average molecular weight is 464 g/mol. The van der Waals surface area contributed by atoms with Crippen molar-refractivity contribution in [3.05, 3.63) is 86.9 Å². The largest absolute Gasteiger partial charge is 0.484 e. The molecular formula is C22H17Cl3N2O3. The van der Waals surface area contributed by atoms with E-state index in [4.69, 9.17) is 39.5 Å². The van der Waals surface area contributed by atoms with Crippen LogP contribution in [0.15, 0.2) is 60.7 Å². The molecule has 2 amide bonds. The lowest BCUT2D eigenvalue weighted by Crippen LogP contribution is -2.20. The fourth-order valence-corrected chi connectivity index (χ4v) is 3.16. The predicted molar refractivity (Wildman–Crippen MR) is 121 cm³/mol. The topological polar surface area (TPSA) is 67.4 Å². The molecular weight excluding hydrogens is 447 g/mol. The number of amides is 2. The third-order valence-corrected chi connectivity index (χ3v) is 4.93. The van der Waals surface area contributed by atoms with Crippen molar-refractivity contribution in [3.8, 4) is 5.75 Å². The Balaban J connectivity index is 1.55. The first-order chi connectivity index (χ1) is 14.3. The molecule has 0 radical (unpaired) electrons. The lowest BCUT2D eigenvalue weighted by molar-refractivity contribution is -0.118. The summed E-state index contributed by atoms with van der Waals surface area (Å²) in [7, 11) is 0. The number of carbonyl (C=O) groups is 2. The first-order valence-corrected chi connectivity index (χ1v) is 10.0. The van der Waals surface area contributed by atoms with E-state index in [1.807, 2.05) is 6.92 Å². The molecule has 0 fully saturated rings. The minimum atomic E-state index is -0.346. The highest BCUT2D eigenvalue weighted by atomic mass is 35.5. The number of rotatable bonds is 6. The minimum absolute atomic E-state index is 0.175. The van der Waals surface area contributed by atoms with E-state index >= 15 is 0 Å². The van der Waals surface area contributed by atoms with E-state index in [1.165, 1.54) is 0 Å². The molecule has 0 aromatic heterocycles. The van der Waals surface area contributed by atoms with E-state index in [1.54, 1.807) is 60.7 Å². The van der Waals surface area contributed by atoms with Gasteiger partial charge in [0, 0.05) is 21.3 Å². The molecule has 2 N–H and O–H groups in total. The summed E-state index contributed by atoms with van der Waals surface area (Å²) < 4.78 is 5.48. The molecule has 3 aromatic rings. The number of ether oxygens (including phenoxy) is 1. The lowest BCUT2D eigenvalue weighted by atomic mass is 10.2. The molecule has 0 aliphatic rings. The van der Waals surface area contributed by atoms with E-state index < -0.39 is 0 Å². The summed E-state index contributed by atoms with van der Waals surface area (Å²) >= 11 is 17.9. The third-order valence-electron chi connectivity index (χ3n) is 4.13. The van der Waals surface area contributed by atoms with Crippen LogP contribution in [0.4, 0.5) is 11.4 Å².